The highest BCUT2D eigenvalue weighted by Crippen LogP contribution is 2.35. The van der Waals surface area contributed by atoms with Gasteiger partial charge in [-0.1, -0.05) is 36.4 Å². The van der Waals surface area contributed by atoms with Crippen molar-refractivity contribution in [3.63, 3.8) is 0 Å². The van der Waals surface area contributed by atoms with Crippen LogP contribution in [-0.4, -0.2) is 47.9 Å². The molecular weight excluding hydrogens is 374 g/mol. The predicted molar refractivity (Wildman–Crippen MR) is 107 cm³/mol. The molecule has 2 aromatic carbocycles. The fraction of sp³-hybridized carbons (Fsp3) is 0.238. The predicted octanol–water partition coefficient (Wildman–Crippen LogP) is 2.64. The zero-order chi connectivity index (χ0) is 20.4. The molecule has 0 radical (unpaired) electrons. The molecule has 4 rings (SSSR count). The van der Waals surface area contributed by atoms with Crippen LogP contribution in [0.15, 0.2) is 54.6 Å². The Morgan fingerprint density at radius 1 is 1.17 bits per heavy atom. The maximum Gasteiger partial charge on any atom is 0.271 e. The summed E-state index contributed by atoms with van der Waals surface area (Å²) in [6, 6.07) is 14.0. The summed E-state index contributed by atoms with van der Waals surface area (Å²) in [6.45, 7) is 0.643. The van der Waals surface area contributed by atoms with Crippen LogP contribution in [0.25, 0.3) is 5.57 Å². The van der Waals surface area contributed by atoms with Crippen molar-refractivity contribution in [3.8, 4) is 5.75 Å². The maximum atomic E-state index is 12.8. The van der Waals surface area contributed by atoms with Gasteiger partial charge in [-0.25, -0.2) is 0 Å². The van der Waals surface area contributed by atoms with E-state index in [9.17, 15) is 19.7 Å². The smallest absolute Gasteiger partial charge is 0.271 e. The van der Waals surface area contributed by atoms with Gasteiger partial charge in [0.25, 0.3) is 11.6 Å². The van der Waals surface area contributed by atoms with Gasteiger partial charge in [0.1, 0.15) is 12.3 Å². The van der Waals surface area contributed by atoms with Crippen molar-refractivity contribution >= 4 is 28.8 Å². The van der Waals surface area contributed by atoms with Crippen LogP contribution in [-0.2, 0) is 9.59 Å². The van der Waals surface area contributed by atoms with Crippen LogP contribution >= 0.6 is 0 Å². The number of amides is 2. The number of hydrogen-bond acceptors (Lipinski definition) is 5. The lowest BCUT2D eigenvalue weighted by Gasteiger charge is -2.32. The number of non-ortho nitro benzene ring substituents is 1. The van der Waals surface area contributed by atoms with Gasteiger partial charge in [-0.15, -0.1) is 0 Å². The molecule has 0 bridgehead atoms. The topological polar surface area (TPSA) is 93.0 Å². The van der Waals surface area contributed by atoms with Crippen molar-refractivity contribution in [1.29, 1.82) is 0 Å². The highest BCUT2D eigenvalue weighted by Gasteiger charge is 2.30. The second kappa shape index (κ2) is 7.75. The van der Waals surface area contributed by atoms with Gasteiger partial charge in [-0.05, 0) is 23.6 Å². The van der Waals surface area contributed by atoms with Crippen LogP contribution in [0.2, 0.25) is 0 Å². The molecule has 2 heterocycles. The van der Waals surface area contributed by atoms with Gasteiger partial charge < -0.3 is 9.64 Å². The van der Waals surface area contributed by atoms with Crippen LogP contribution < -0.4 is 9.64 Å². The van der Waals surface area contributed by atoms with Crippen molar-refractivity contribution in [2.24, 2.45) is 0 Å². The molecule has 0 N–H and O–H groups in total. The Bertz CT molecular complexity index is 1000. The van der Waals surface area contributed by atoms with Gasteiger partial charge in [0.15, 0.2) is 6.61 Å². The van der Waals surface area contributed by atoms with E-state index in [1.54, 1.807) is 4.90 Å². The van der Waals surface area contributed by atoms with Gasteiger partial charge in [0, 0.05) is 25.2 Å². The summed E-state index contributed by atoms with van der Waals surface area (Å²) in [7, 11) is 0. The van der Waals surface area contributed by atoms with Crippen molar-refractivity contribution in [2.45, 2.75) is 6.42 Å². The third-order valence-electron chi connectivity index (χ3n) is 5.10. The first-order valence-corrected chi connectivity index (χ1v) is 9.27. The third kappa shape index (κ3) is 3.82. The van der Waals surface area contributed by atoms with Gasteiger partial charge in [0.05, 0.1) is 10.6 Å². The summed E-state index contributed by atoms with van der Waals surface area (Å²) in [5, 5.41) is 11.1. The first-order chi connectivity index (χ1) is 14.0. The molecule has 29 heavy (non-hydrogen) atoms. The third-order valence-corrected chi connectivity index (χ3v) is 5.10. The molecule has 0 atom stereocenters. The zero-order valence-electron chi connectivity index (χ0n) is 15.6. The van der Waals surface area contributed by atoms with Crippen LogP contribution in [0.5, 0.6) is 5.75 Å². The second-order valence-corrected chi connectivity index (χ2v) is 6.86. The largest absolute Gasteiger partial charge is 0.482 e. The van der Waals surface area contributed by atoms with Crippen molar-refractivity contribution in [1.82, 2.24) is 4.90 Å². The van der Waals surface area contributed by atoms with E-state index < -0.39 is 10.8 Å². The summed E-state index contributed by atoms with van der Waals surface area (Å²) in [5.74, 6) is -0.252. The zero-order valence-corrected chi connectivity index (χ0v) is 15.6. The molecule has 148 valence electrons. The minimum Gasteiger partial charge on any atom is -0.482 e. The van der Waals surface area contributed by atoms with Crippen LogP contribution in [0.1, 0.15) is 12.0 Å². The number of anilines is 1. The van der Waals surface area contributed by atoms with E-state index in [4.69, 9.17) is 4.74 Å². The summed E-state index contributed by atoms with van der Waals surface area (Å²) < 4.78 is 5.34. The van der Waals surface area contributed by atoms with E-state index in [2.05, 4.69) is 0 Å². The normalized spacial score (nSPS) is 16.0. The van der Waals surface area contributed by atoms with Crippen LogP contribution in [0, 0.1) is 10.1 Å². The van der Waals surface area contributed by atoms with E-state index in [-0.39, 0.29) is 30.4 Å². The van der Waals surface area contributed by atoms with Gasteiger partial charge in [-0.2, -0.15) is 0 Å². The number of ether oxygens (including phenoxy) is 1. The van der Waals surface area contributed by atoms with Gasteiger partial charge >= 0.3 is 0 Å². The minimum atomic E-state index is -0.542. The number of carbonyl (C=O) groups excluding carboxylic acids is 2. The van der Waals surface area contributed by atoms with Crippen molar-refractivity contribution < 1.29 is 19.2 Å². The number of benzene rings is 2. The SMILES string of the molecule is O=C(CN1C(=O)COc2ccc([N+](=O)[O-])cc21)N1CC=C(c2ccccc2)CC1. The maximum absolute atomic E-state index is 12.8. The number of rotatable bonds is 4. The van der Waals surface area contributed by atoms with E-state index in [1.807, 2.05) is 36.4 Å². The molecular formula is C21H19N3O5. The number of nitro benzene ring substituents is 1. The number of nitro groups is 1. The van der Waals surface area contributed by atoms with Gasteiger partial charge in [0.2, 0.25) is 5.91 Å². The number of hydrogen-bond donors (Lipinski definition) is 0. The molecule has 2 aromatic rings. The lowest BCUT2D eigenvalue weighted by atomic mass is 9.99. The lowest BCUT2D eigenvalue weighted by molar-refractivity contribution is -0.384. The molecule has 0 spiro atoms. The van der Waals surface area contributed by atoms with Crippen molar-refractivity contribution in [3.05, 3.63) is 70.3 Å². The Kier molecular flexibility index (Phi) is 4.99. The highest BCUT2D eigenvalue weighted by molar-refractivity contribution is 6.02. The Balaban J connectivity index is 1.49. The van der Waals surface area contributed by atoms with E-state index in [1.165, 1.54) is 28.7 Å². The van der Waals surface area contributed by atoms with E-state index in [0.29, 0.717) is 18.8 Å². The lowest BCUT2D eigenvalue weighted by Crippen LogP contribution is -2.47. The van der Waals surface area contributed by atoms with Gasteiger partial charge in [-0.3, -0.25) is 24.6 Å². The van der Waals surface area contributed by atoms with Crippen molar-refractivity contribution in [2.75, 3.05) is 31.1 Å². The van der Waals surface area contributed by atoms with Crippen LogP contribution in [0.4, 0.5) is 11.4 Å². The molecule has 2 aliphatic heterocycles. The number of nitrogens with zero attached hydrogens (tertiary/aromatic N) is 3. The van der Waals surface area contributed by atoms with Crippen LogP contribution in [0.3, 0.4) is 0 Å². The standard InChI is InChI=1S/C21H19N3O5/c25-20(22-10-8-16(9-11-22)15-4-2-1-3-5-15)13-23-18-12-17(24(27)28)6-7-19(18)29-14-21(23)26/h1-8,12H,9-11,13-14H2. The monoisotopic (exact) mass is 393 g/mol. The molecule has 2 aliphatic rings. The molecule has 0 saturated heterocycles. The first-order valence-electron chi connectivity index (χ1n) is 9.27. The Hall–Kier alpha value is -3.68. The Morgan fingerprint density at radius 3 is 2.66 bits per heavy atom. The molecule has 2 amide bonds. The second-order valence-electron chi connectivity index (χ2n) is 6.86. The van der Waals surface area contributed by atoms with E-state index in [0.717, 1.165) is 12.0 Å². The first kappa shape index (κ1) is 18.7. The summed E-state index contributed by atoms with van der Waals surface area (Å²) in [5.41, 5.74) is 2.43. The molecule has 0 unspecified atom stereocenters. The Morgan fingerprint density at radius 2 is 1.97 bits per heavy atom. The fourth-order valence-corrected chi connectivity index (χ4v) is 3.52. The summed E-state index contributed by atoms with van der Waals surface area (Å²) in [6.07, 6.45) is 2.76. The molecule has 0 aromatic heterocycles. The summed E-state index contributed by atoms with van der Waals surface area (Å²) >= 11 is 0. The number of carbonyl (C=O) groups is 2. The molecule has 0 saturated carbocycles. The molecule has 8 heteroatoms. The minimum absolute atomic E-state index is 0.159. The fourth-order valence-electron chi connectivity index (χ4n) is 3.52. The quantitative estimate of drug-likeness (QED) is 0.588. The highest BCUT2D eigenvalue weighted by atomic mass is 16.6. The average molecular weight is 393 g/mol. The molecule has 0 aliphatic carbocycles. The molecule has 8 nitrogen and oxygen atoms in total. The summed E-state index contributed by atoms with van der Waals surface area (Å²) in [4.78, 5) is 38.6. The molecule has 0 fully saturated rings. The Labute approximate surface area is 167 Å². The number of fused-ring (bicyclic) bond motifs is 1. The average Bonchev–Trinajstić information content (AvgIpc) is 2.76. The van der Waals surface area contributed by atoms with E-state index >= 15 is 0 Å².